The van der Waals surface area contributed by atoms with Crippen LogP contribution in [-0.2, 0) is 18.3 Å². The fourth-order valence-electron chi connectivity index (χ4n) is 1.51. The first-order valence-corrected chi connectivity index (χ1v) is 5.64. The van der Waals surface area contributed by atoms with Gasteiger partial charge in [-0.15, -0.1) is 0 Å². The van der Waals surface area contributed by atoms with Crippen LogP contribution in [0.2, 0.25) is 0 Å². The zero-order valence-corrected chi connectivity index (χ0v) is 9.94. The van der Waals surface area contributed by atoms with E-state index in [1.54, 1.807) is 6.20 Å². The molecule has 1 amide bonds. The number of nitrogens with one attached hydrogen (secondary N) is 1. The molecule has 1 aromatic heterocycles. The fourth-order valence-corrected chi connectivity index (χ4v) is 1.51. The number of carbonyl (C=O) groups excluding carboxylic acids is 1. The molecule has 90 valence electrons. The summed E-state index contributed by atoms with van der Waals surface area (Å²) >= 11 is 0. The molecule has 3 N–H and O–H groups in total. The number of hydrogen-bond donors (Lipinski definition) is 2. The second-order valence-corrected chi connectivity index (χ2v) is 3.89. The third-order valence-electron chi connectivity index (χ3n) is 2.51. The molecule has 0 aliphatic rings. The maximum Gasteiger partial charge on any atom is 0.236 e. The zero-order chi connectivity index (χ0) is 12.0. The van der Waals surface area contributed by atoms with Gasteiger partial charge in [-0.25, -0.2) is 4.98 Å². The van der Waals surface area contributed by atoms with Gasteiger partial charge in [0.05, 0.1) is 6.04 Å². The lowest BCUT2D eigenvalue weighted by molar-refractivity contribution is -0.122. The van der Waals surface area contributed by atoms with Crippen molar-refractivity contribution in [2.45, 2.75) is 32.2 Å². The Labute approximate surface area is 96.0 Å². The number of hydrogen-bond acceptors (Lipinski definition) is 3. The van der Waals surface area contributed by atoms with E-state index in [2.05, 4.69) is 10.3 Å². The highest BCUT2D eigenvalue weighted by molar-refractivity contribution is 5.81. The van der Waals surface area contributed by atoms with Gasteiger partial charge in [0.15, 0.2) is 0 Å². The van der Waals surface area contributed by atoms with Gasteiger partial charge in [-0.3, -0.25) is 4.79 Å². The molecule has 0 aliphatic carbocycles. The van der Waals surface area contributed by atoms with Crippen LogP contribution < -0.4 is 11.1 Å². The Bertz CT molecular complexity index is 334. The van der Waals surface area contributed by atoms with Crippen LogP contribution in [0.15, 0.2) is 12.4 Å². The van der Waals surface area contributed by atoms with Gasteiger partial charge in [0, 0.05) is 32.4 Å². The highest BCUT2D eigenvalue weighted by Gasteiger charge is 2.11. The summed E-state index contributed by atoms with van der Waals surface area (Å²) in [6, 6.07) is -0.383. The van der Waals surface area contributed by atoms with E-state index in [9.17, 15) is 4.79 Å². The van der Waals surface area contributed by atoms with Crippen molar-refractivity contribution in [1.82, 2.24) is 14.9 Å². The van der Waals surface area contributed by atoms with E-state index in [0.717, 1.165) is 25.1 Å². The van der Waals surface area contributed by atoms with Crippen LogP contribution >= 0.6 is 0 Å². The molecule has 1 heterocycles. The van der Waals surface area contributed by atoms with Gasteiger partial charge in [-0.1, -0.05) is 13.3 Å². The largest absolute Gasteiger partial charge is 0.354 e. The average Bonchev–Trinajstić information content (AvgIpc) is 2.65. The molecule has 1 unspecified atom stereocenters. The Hall–Kier alpha value is -1.36. The van der Waals surface area contributed by atoms with E-state index in [0.29, 0.717) is 6.54 Å². The van der Waals surface area contributed by atoms with E-state index in [-0.39, 0.29) is 11.9 Å². The molecule has 0 saturated carbocycles. The fraction of sp³-hybridized carbons (Fsp3) is 0.636. The van der Waals surface area contributed by atoms with Crippen LogP contribution in [0, 0.1) is 0 Å². The summed E-state index contributed by atoms with van der Waals surface area (Å²) in [5, 5.41) is 2.82. The molecule has 0 bridgehead atoms. The summed E-state index contributed by atoms with van der Waals surface area (Å²) in [5.41, 5.74) is 5.68. The molecule has 5 nitrogen and oxygen atoms in total. The maximum atomic E-state index is 11.5. The van der Waals surface area contributed by atoms with E-state index in [4.69, 9.17) is 5.73 Å². The van der Waals surface area contributed by atoms with E-state index >= 15 is 0 Å². The summed E-state index contributed by atoms with van der Waals surface area (Å²) in [6.45, 7) is 2.60. The number of imidazole rings is 1. The second-order valence-electron chi connectivity index (χ2n) is 3.89. The van der Waals surface area contributed by atoms with Crippen LogP contribution in [0.3, 0.4) is 0 Å². The van der Waals surface area contributed by atoms with Crippen LogP contribution in [0.5, 0.6) is 0 Å². The van der Waals surface area contributed by atoms with Crippen LogP contribution in [0.4, 0.5) is 0 Å². The van der Waals surface area contributed by atoms with Crippen molar-refractivity contribution >= 4 is 5.91 Å². The van der Waals surface area contributed by atoms with Gasteiger partial charge in [0.25, 0.3) is 0 Å². The first-order valence-electron chi connectivity index (χ1n) is 5.64. The lowest BCUT2D eigenvalue weighted by Gasteiger charge is -2.10. The summed E-state index contributed by atoms with van der Waals surface area (Å²) in [5.74, 6) is 0.889. The molecule has 1 atom stereocenters. The van der Waals surface area contributed by atoms with E-state index in [1.807, 2.05) is 24.7 Å². The highest BCUT2D eigenvalue weighted by atomic mass is 16.2. The summed E-state index contributed by atoms with van der Waals surface area (Å²) in [6.07, 6.45) is 6.02. The van der Waals surface area contributed by atoms with Crippen LogP contribution in [0.25, 0.3) is 0 Å². The van der Waals surface area contributed by atoms with Crippen molar-refractivity contribution in [2.24, 2.45) is 12.8 Å². The molecular formula is C11H20N4O. The lowest BCUT2D eigenvalue weighted by Crippen LogP contribution is -2.41. The predicted octanol–water partition coefficient (Wildman–Crippen LogP) is 0.206. The third kappa shape index (κ3) is 3.66. The Morgan fingerprint density at radius 1 is 1.69 bits per heavy atom. The van der Waals surface area contributed by atoms with E-state index < -0.39 is 0 Å². The molecule has 1 rings (SSSR count). The second kappa shape index (κ2) is 6.27. The molecule has 0 aromatic carbocycles. The Balaban J connectivity index is 2.25. The predicted molar refractivity (Wildman–Crippen MR) is 62.8 cm³/mol. The van der Waals surface area contributed by atoms with Crippen molar-refractivity contribution in [3.05, 3.63) is 18.2 Å². The molecule has 0 fully saturated rings. The minimum atomic E-state index is -0.383. The van der Waals surface area contributed by atoms with Gasteiger partial charge in [-0.2, -0.15) is 0 Å². The highest BCUT2D eigenvalue weighted by Crippen LogP contribution is 1.95. The quantitative estimate of drug-likeness (QED) is 0.725. The molecule has 0 spiro atoms. The topological polar surface area (TPSA) is 72.9 Å². The van der Waals surface area contributed by atoms with Crippen molar-refractivity contribution in [2.75, 3.05) is 6.54 Å². The van der Waals surface area contributed by atoms with Gasteiger partial charge >= 0.3 is 0 Å². The van der Waals surface area contributed by atoms with Crippen molar-refractivity contribution in [3.63, 3.8) is 0 Å². The van der Waals surface area contributed by atoms with E-state index in [1.165, 1.54) is 0 Å². The first kappa shape index (κ1) is 12.7. The molecule has 16 heavy (non-hydrogen) atoms. The molecule has 0 saturated heterocycles. The standard InChI is InChI=1S/C11H20N4O/c1-3-4-9(12)11(16)14-6-5-10-13-7-8-15(10)2/h7-9H,3-6,12H2,1-2H3,(H,14,16). The third-order valence-corrected chi connectivity index (χ3v) is 2.51. The number of aromatic nitrogens is 2. The summed E-state index contributed by atoms with van der Waals surface area (Å²) < 4.78 is 1.94. The number of aryl methyl sites for hydroxylation is 1. The van der Waals surface area contributed by atoms with Crippen LogP contribution in [0.1, 0.15) is 25.6 Å². The Morgan fingerprint density at radius 2 is 2.44 bits per heavy atom. The maximum absolute atomic E-state index is 11.5. The normalized spacial score (nSPS) is 12.4. The molecule has 0 aliphatic heterocycles. The Kier molecular flexibility index (Phi) is 4.98. The number of rotatable bonds is 6. The number of nitrogens with two attached hydrogens (primary N) is 1. The monoisotopic (exact) mass is 224 g/mol. The average molecular weight is 224 g/mol. The summed E-state index contributed by atoms with van der Waals surface area (Å²) in [7, 11) is 1.94. The Morgan fingerprint density at radius 3 is 3.00 bits per heavy atom. The number of nitrogens with zero attached hydrogens (tertiary/aromatic N) is 2. The molecule has 1 aromatic rings. The van der Waals surface area contributed by atoms with Crippen LogP contribution in [-0.4, -0.2) is 28.0 Å². The summed E-state index contributed by atoms with van der Waals surface area (Å²) in [4.78, 5) is 15.7. The van der Waals surface area contributed by atoms with Crippen molar-refractivity contribution in [1.29, 1.82) is 0 Å². The minimum absolute atomic E-state index is 0.0731. The number of carbonyl (C=O) groups is 1. The first-order chi connectivity index (χ1) is 7.65. The van der Waals surface area contributed by atoms with Gasteiger partial charge < -0.3 is 15.6 Å². The zero-order valence-electron chi connectivity index (χ0n) is 9.94. The molecule has 0 radical (unpaired) electrons. The van der Waals surface area contributed by atoms with Gasteiger partial charge in [-0.05, 0) is 6.42 Å². The lowest BCUT2D eigenvalue weighted by atomic mass is 10.1. The SMILES string of the molecule is CCCC(N)C(=O)NCCc1nccn1C. The van der Waals surface area contributed by atoms with Crippen molar-refractivity contribution in [3.8, 4) is 0 Å². The molecular weight excluding hydrogens is 204 g/mol. The van der Waals surface area contributed by atoms with Crippen molar-refractivity contribution < 1.29 is 4.79 Å². The smallest absolute Gasteiger partial charge is 0.236 e. The molecule has 5 heteroatoms. The van der Waals surface area contributed by atoms with Gasteiger partial charge in [0.1, 0.15) is 5.82 Å². The number of amides is 1. The minimum Gasteiger partial charge on any atom is -0.354 e. The van der Waals surface area contributed by atoms with Gasteiger partial charge in [0.2, 0.25) is 5.91 Å².